The maximum atomic E-state index is 11.7. The van der Waals surface area contributed by atoms with E-state index < -0.39 is 0 Å². The van der Waals surface area contributed by atoms with Crippen LogP contribution in [0.1, 0.15) is 33.6 Å². The standard InChI is InChI=1S/C15H24N2OS/c1-4-8-17-10-12(5-6-14(17)18)16-13-11-19-9-7-15(13,2)3/h5-6,10,13,16H,4,7-9,11H2,1-3H3. The maximum absolute atomic E-state index is 11.7. The first-order valence-corrected chi connectivity index (χ1v) is 8.23. The van der Waals surface area contributed by atoms with E-state index in [2.05, 4.69) is 26.1 Å². The van der Waals surface area contributed by atoms with E-state index in [1.807, 2.05) is 24.0 Å². The molecule has 0 radical (unpaired) electrons. The molecule has 0 saturated carbocycles. The molecule has 2 heterocycles. The summed E-state index contributed by atoms with van der Waals surface area (Å²) in [6.07, 6.45) is 4.18. The van der Waals surface area contributed by atoms with E-state index in [0.717, 1.165) is 24.4 Å². The van der Waals surface area contributed by atoms with Crippen LogP contribution in [0, 0.1) is 5.41 Å². The fraction of sp³-hybridized carbons (Fsp3) is 0.667. The van der Waals surface area contributed by atoms with Gasteiger partial charge in [-0.3, -0.25) is 4.79 Å². The van der Waals surface area contributed by atoms with Crippen molar-refractivity contribution in [1.29, 1.82) is 0 Å². The molecule has 0 bridgehead atoms. The zero-order chi connectivity index (χ0) is 13.9. The molecule has 0 spiro atoms. The van der Waals surface area contributed by atoms with Gasteiger partial charge in [0, 0.05) is 30.6 Å². The molecule has 1 aliphatic rings. The Kier molecular flexibility index (Phi) is 4.61. The van der Waals surface area contributed by atoms with Crippen LogP contribution in [-0.4, -0.2) is 22.1 Å². The number of thioether (sulfide) groups is 1. The average molecular weight is 280 g/mol. The molecule has 0 amide bonds. The molecule has 4 heteroatoms. The van der Waals surface area contributed by atoms with Gasteiger partial charge in [-0.2, -0.15) is 11.8 Å². The Balaban J connectivity index is 2.14. The van der Waals surface area contributed by atoms with Crippen molar-refractivity contribution in [2.45, 2.75) is 46.2 Å². The van der Waals surface area contributed by atoms with Crippen molar-refractivity contribution in [2.75, 3.05) is 16.8 Å². The molecule has 0 aliphatic carbocycles. The third-order valence-corrected chi connectivity index (χ3v) is 4.97. The molecule has 1 N–H and O–H groups in total. The van der Waals surface area contributed by atoms with Crippen molar-refractivity contribution in [3.8, 4) is 0 Å². The highest BCUT2D eigenvalue weighted by molar-refractivity contribution is 7.99. The van der Waals surface area contributed by atoms with Crippen molar-refractivity contribution in [1.82, 2.24) is 4.57 Å². The van der Waals surface area contributed by atoms with E-state index >= 15 is 0 Å². The minimum absolute atomic E-state index is 0.0877. The summed E-state index contributed by atoms with van der Waals surface area (Å²) < 4.78 is 1.80. The molecule has 1 saturated heterocycles. The maximum Gasteiger partial charge on any atom is 0.250 e. The van der Waals surface area contributed by atoms with Gasteiger partial charge in [-0.25, -0.2) is 0 Å². The van der Waals surface area contributed by atoms with Crippen molar-refractivity contribution in [3.05, 3.63) is 28.7 Å². The lowest BCUT2D eigenvalue weighted by atomic mass is 9.82. The summed E-state index contributed by atoms with van der Waals surface area (Å²) in [5.41, 5.74) is 1.47. The van der Waals surface area contributed by atoms with E-state index in [4.69, 9.17) is 0 Å². The van der Waals surface area contributed by atoms with Gasteiger partial charge < -0.3 is 9.88 Å². The summed E-state index contributed by atoms with van der Waals surface area (Å²) in [4.78, 5) is 11.7. The van der Waals surface area contributed by atoms with Crippen LogP contribution in [0.2, 0.25) is 0 Å². The first-order chi connectivity index (χ1) is 9.03. The van der Waals surface area contributed by atoms with Gasteiger partial charge in [0.2, 0.25) is 0 Å². The highest BCUT2D eigenvalue weighted by atomic mass is 32.2. The number of hydrogen-bond donors (Lipinski definition) is 1. The molecule has 1 fully saturated rings. The van der Waals surface area contributed by atoms with Crippen molar-refractivity contribution < 1.29 is 0 Å². The Morgan fingerprint density at radius 1 is 1.47 bits per heavy atom. The van der Waals surface area contributed by atoms with Crippen molar-refractivity contribution in [2.24, 2.45) is 5.41 Å². The highest BCUT2D eigenvalue weighted by Gasteiger charge is 2.32. The summed E-state index contributed by atoms with van der Waals surface area (Å²) in [6, 6.07) is 4.05. The van der Waals surface area contributed by atoms with Crippen molar-refractivity contribution >= 4 is 17.4 Å². The topological polar surface area (TPSA) is 34.0 Å². The lowest BCUT2D eigenvalue weighted by Crippen LogP contribution is -2.41. The fourth-order valence-corrected chi connectivity index (χ4v) is 4.01. The van der Waals surface area contributed by atoms with Crippen molar-refractivity contribution in [3.63, 3.8) is 0 Å². The number of nitrogens with zero attached hydrogens (tertiary/aromatic N) is 1. The first kappa shape index (κ1) is 14.5. The zero-order valence-corrected chi connectivity index (χ0v) is 12.9. The van der Waals surface area contributed by atoms with Crippen LogP contribution in [0.15, 0.2) is 23.1 Å². The number of nitrogens with one attached hydrogen (secondary N) is 1. The van der Waals surface area contributed by atoms with Gasteiger partial charge in [-0.05, 0) is 30.1 Å². The Labute approximate surface area is 119 Å². The van der Waals surface area contributed by atoms with Gasteiger partial charge >= 0.3 is 0 Å². The number of anilines is 1. The zero-order valence-electron chi connectivity index (χ0n) is 12.1. The Morgan fingerprint density at radius 3 is 2.95 bits per heavy atom. The molecule has 1 atom stereocenters. The molecule has 1 unspecified atom stereocenters. The lowest BCUT2D eigenvalue weighted by molar-refractivity contribution is 0.305. The minimum atomic E-state index is 0.0877. The van der Waals surface area contributed by atoms with E-state index in [0.29, 0.717) is 11.5 Å². The molecule has 1 aromatic rings. The first-order valence-electron chi connectivity index (χ1n) is 7.08. The van der Waals surface area contributed by atoms with Gasteiger partial charge in [0.25, 0.3) is 5.56 Å². The number of aromatic nitrogens is 1. The molecule has 2 rings (SSSR count). The van der Waals surface area contributed by atoms with E-state index in [9.17, 15) is 4.79 Å². The second-order valence-electron chi connectivity index (χ2n) is 5.96. The van der Waals surface area contributed by atoms with Crippen LogP contribution >= 0.6 is 11.8 Å². The highest BCUT2D eigenvalue weighted by Crippen LogP contribution is 2.35. The van der Waals surface area contributed by atoms with Gasteiger partial charge in [-0.1, -0.05) is 20.8 Å². The predicted molar refractivity (Wildman–Crippen MR) is 84.1 cm³/mol. The van der Waals surface area contributed by atoms with E-state index in [1.165, 1.54) is 12.2 Å². The third kappa shape index (κ3) is 3.56. The SMILES string of the molecule is CCCn1cc(NC2CSCCC2(C)C)ccc1=O. The number of rotatable bonds is 4. The van der Waals surface area contributed by atoms with E-state index in [1.54, 1.807) is 10.6 Å². The van der Waals surface area contributed by atoms with Crippen LogP contribution < -0.4 is 10.9 Å². The largest absolute Gasteiger partial charge is 0.380 e. The Bertz CT molecular complexity index is 481. The quantitative estimate of drug-likeness (QED) is 0.919. The van der Waals surface area contributed by atoms with Crippen LogP contribution in [0.5, 0.6) is 0 Å². The van der Waals surface area contributed by atoms with Gasteiger partial charge in [0.05, 0.1) is 5.69 Å². The van der Waals surface area contributed by atoms with Gasteiger partial charge in [-0.15, -0.1) is 0 Å². The molecule has 106 valence electrons. The summed E-state index contributed by atoms with van der Waals surface area (Å²) in [5.74, 6) is 2.39. The monoisotopic (exact) mass is 280 g/mol. The summed E-state index contributed by atoms with van der Waals surface area (Å²) >= 11 is 2.01. The Morgan fingerprint density at radius 2 is 2.26 bits per heavy atom. The van der Waals surface area contributed by atoms with Gasteiger partial charge in [0.1, 0.15) is 0 Å². The molecule has 1 aromatic heterocycles. The predicted octanol–water partition coefficient (Wildman–Crippen LogP) is 3.20. The summed E-state index contributed by atoms with van der Waals surface area (Å²) in [7, 11) is 0. The number of hydrogen-bond acceptors (Lipinski definition) is 3. The molecule has 3 nitrogen and oxygen atoms in total. The van der Waals surface area contributed by atoms with Crippen LogP contribution in [0.3, 0.4) is 0 Å². The Hall–Kier alpha value is -0.900. The molecule has 19 heavy (non-hydrogen) atoms. The minimum Gasteiger partial charge on any atom is -0.380 e. The van der Waals surface area contributed by atoms with E-state index in [-0.39, 0.29) is 5.56 Å². The van der Waals surface area contributed by atoms with Crippen LogP contribution in [0.25, 0.3) is 0 Å². The third-order valence-electron chi connectivity index (χ3n) is 3.91. The number of aryl methyl sites for hydroxylation is 1. The molecule has 1 aliphatic heterocycles. The second kappa shape index (κ2) is 6.04. The summed E-state index contributed by atoms with van der Waals surface area (Å²) in [5, 5.41) is 3.62. The molecular formula is C15H24N2OS. The normalized spacial score (nSPS) is 22.2. The molecular weight excluding hydrogens is 256 g/mol. The van der Waals surface area contributed by atoms with Gasteiger partial charge in [0.15, 0.2) is 0 Å². The lowest BCUT2D eigenvalue weighted by Gasteiger charge is -2.39. The molecule has 0 aromatic carbocycles. The second-order valence-corrected chi connectivity index (χ2v) is 7.11. The number of pyridine rings is 1. The van der Waals surface area contributed by atoms with Crippen LogP contribution in [0.4, 0.5) is 5.69 Å². The average Bonchev–Trinajstić information content (AvgIpc) is 2.36. The van der Waals surface area contributed by atoms with Crippen LogP contribution in [-0.2, 0) is 6.54 Å². The summed E-state index contributed by atoms with van der Waals surface area (Å²) in [6.45, 7) is 7.53. The fourth-order valence-electron chi connectivity index (χ4n) is 2.41. The smallest absolute Gasteiger partial charge is 0.250 e.